The molecule has 2 aromatic rings. The first-order chi connectivity index (χ1) is 13.9. The Morgan fingerprint density at radius 2 is 1.97 bits per heavy atom. The van der Waals surface area contributed by atoms with E-state index in [2.05, 4.69) is 26.1 Å². The number of halogens is 2. The lowest BCUT2D eigenvalue weighted by atomic mass is 10.1. The summed E-state index contributed by atoms with van der Waals surface area (Å²) in [6, 6.07) is 15.0. The van der Waals surface area contributed by atoms with E-state index in [1.807, 2.05) is 24.3 Å². The summed E-state index contributed by atoms with van der Waals surface area (Å²) in [4.78, 5) is 28.3. The van der Waals surface area contributed by atoms with Crippen molar-refractivity contribution in [1.29, 1.82) is 0 Å². The van der Waals surface area contributed by atoms with Crippen LogP contribution in [0.15, 0.2) is 53.0 Å². The van der Waals surface area contributed by atoms with Crippen LogP contribution in [-0.4, -0.2) is 61.4 Å². The zero-order valence-electron chi connectivity index (χ0n) is 16.1. The van der Waals surface area contributed by atoms with Gasteiger partial charge < -0.3 is 15.0 Å². The summed E-state index contributed by atoms with van der Waals surface area (Å²) in [5.41, 5.74) is 1.61. The van der Waals surface area contributed by atoms with Crippen LogP contribution in [0.3, 0.4) is 0 Å². The molecule has 3 rings (SSSR count). The standard InChI is InChI=1S/C21H23BrClN3O3/c1-25(13-20(27)24-18-5-3-2-4-17(18)23)21(28)14-26-10-11-29-19(12-26)15-6-8-16(22)9-7-15/h2-9,19H,10-14H2,1H3,(H,24,27). The minimum atomic E-state index is -0.288. The number of benzene rings is 2. The number of morpholine rings is 1. The van der Waals surface area contributed by atoms with Crippen molar-refractivity contribution in [2.45, 2.75) is 6.10 Å². The van der Waals surface area contributed by atoms with E-state index >= 15 is 0 Å². The third-order valence-corrected chi connectivity index (χ3v) is 5.56. The van der Waals surface area contributed by atoms with E-state index in [1.165, 1.54) is 4.90 Å². The van der Waals surface area contributed by atoms with E-state index in [9.17, 15) is 9.59 Å². The Morgan fingerprint density at radius 3 is 2.69 bits per heavy atom. The molecule has 0 spiro atoms. The zero-order valence-corrected chi connectivity index (χ0v) is 18.4. The number of ether oxygens (including phenoxy) is 1. The van der Waals surface area contributed by atoms with Gasteiger partial charge in [-0.2, -0.15) is 0 Å². The fraction of sp³-hybridized carbons (Fsp3) is 0.333. The topological polar surface area (TPSA) is 61.9 Å². The minimum Gasteiger partial charge on any atom is -0.371 e. The maximum absolute atomic E-state index is 12.6. The molecule has 154 valence electrons. The number of likely N-dealkylation sites (N-methyl/N-ethyl adjacent to an activating group) is 1. The summed E-state index contributed by atoms with van der Waals surface area (Å²) in [6.45, 7) is 2.08. The molecule has 1 aliphatic heterocycles. The highest BCUT2D eigenvalue weighted by Crippen LogP contribution is 2.24. The molecule has 1 aliphatic rings. The van der Waals surface area contributed by atoms with Gasteiger partial charge in [0.25, 0.3) is 0 Å². The molecule has 6 nitrogen and oxygen atoms in total. The van der Waals surface area contributed by atoms with Gasteiger partial charge in [0.05, 0.1) is 36.5 Å². The van der Waals surface area contributed by atoms with Crippen molar-refractivity contribution in [2.75, 3.05) is 45.2 Å². The first-order valence-electron chi connectivity index (χ1n) is 9.30. The van der Waals surface area contributed by atoms with Crippen LogP contribution in [0.5, 0.6) is 0 Å². The predicted molar refractivity (Wildman–Crippen MR) is 117 cm³/mol. The second-order valence-electron chi connectivity index (χ2n) is 6.92. The van der Waals surface area contributed by atoms with Crippen LogP contribution in [0.2, 0.25) is 5.02 Å². The van der Waals surface area contributed by atoms with Crippen molar-refractivity contribution in [3.05, 3.63) is 63.6 Å². The lowest BCUT2D eigenvalue weighted by Gasteiger charge is -2.33. The molecule has 1 atom stereocenters. The summed E-state index contributed by atoms with van der Waals surface area (Å²) in [5, 5.41) is 3.19. The first-order valence-corrected chi connectivity index (χ1v) is 10.5. The van der Waals surface area contributed by atoms with Gasteiger partial charge >= 0.3 is 0 Å². The zero-order chi connectivity index (χ0) is 20.8. The second-order valence-corrected chi connectivity index (χ2v) is 8.25. The van der Waals surface area contributed by atoms with E-state index in [0.717, 1.165) is 10.0 Å². The number of para-hydroxylation sites is 1. The Bertz CT molecular complexity index is 863. The second kappa shape index (κ2) is 10.2. The van der Waals surface area contributed by atoms with Crippen molar-refractivity contribution in [1.82, 2.24) is 9.80 Å². The molecule has 2 aromatic carbocycles. The highest BCUT2D eigenvalue weighted by atomic mass is 79.9. The molecule has 1 heterocycles. The summed E-state index contributed by atoms with van der Waals surface area (Å²) in [6.07, 6.45) is -0.0709. The molecule has 0 aliphatic carbocycles. The van der Waals surface area contributed by atoms with Crippen LogP contribution in [0.25, 0.3) is 0 Å². The summed E-state index contributed by atoms with van der Waals surface area (Å²) < 4.78 is 6.87. The van der Waals surface area contributed by atoms with Crippen molar-refractivity contribution >= 4 is 45.0 Å². The smallest absolute Gasteiger partial charge is 0.244 e. The SMILES string of the molecule is CN(CC(=O)Nc1ccccc1Cl)C(=O)CN1CCOC(c2ccc(Br)cc2)C1. The number of rotatable bonds is 6. The van der Waals surface area contributed by atoms with Crippen LogP contribution >= 0.6 is 27.5 Å². The van der Waals surface area contributed by atoms with Gasteiger partial charge in [-0.05, 0) is 29.8 Å². The van der Waals surface area contributed by atoms with Crippen LogP contribution < -0.4 is 5.32 Å². The van der Waals surface area contributed by atoms with E-state index in [4.69, 9.17) is 16.3 Å². The molecular formula is C21H23BrClN3O3. The number of hydrogen-bond acceptors (Lipinski definition) is 4. The van der Waals surface area contributed by atoms with E-state index < -0.39 is 0 Å². The largest absolute Gasteiger partial charge is 0.371 e. The highest BCUT2D eigenvalue weighted by molar-refractivity contribution is 9.10. The number of amides is 2. The van der Waals surface area contributed by atoms with E-state index in [1.54, 1.807) is 31.3 Å². The molecule has 0 radical (unpaired) electrons. The number of carbonyl (C=O) groups is 2. The van der Waals surface area contributed by atoms with Gasteiger partial charge in [0.15, 0.2) is 0 Å². The van der Waals surface area contributed by atoms with Gasteiger partial charge in [0, 0.05) is 24.6 Å². The molecule has 1 saturated heterocycles. The molecule has 8 heteroatoms. The molecule has 0 aromatic heterocycles. The molecule has 0 bridgehead atoms. The Morgan fingerprint density at radius 1 is 1.24 bits per heavy atom. The normalized spacial score (nSPS) is 17.0. The number of anilines is 1. The van der Waals surface area contributed by atoms with Crippen molar-refractivity contribution in [3.63, 3.8) is 0 Å². The van der Waals surface area contributed by atoms with E-state index in [-0.39, 0.29) is 31.0 Å². The van der Waals surface area contributed by atoms with Crippen molar-refractivity contribution < 1.29 is 14.3 Å². The predicted octanol–water partition coefficient (Wildman–Crippen LogP) is 3.57. The lowest BCUT2D eigenvalue weighted by Crippen LogP contribution is -2.46. The number of nitrogens with zero attached hydrogens (tertiary/aromatic N) is 2. The quantitative estimate of drug-likeness (QED) is 0.687. The Kier molecular flexibility index (Phi) is 7.66. The number of carbonyl (C=O) groups excluding carboxylic acids is 2. The third-order valence-electron chi connectivity index (χ3n) is 4.71. The number of nitrogens with one attached hydrogen (secondary N) is 1. The van der Waals surface area contributed by atoms with Crippen LogP contribution in [0, 0.1) is 0 Å². The van der Waals surface area contributed by atoms with Gasteiger partial charge in [0.1, 0.15) is 0 Å². The van der Waals surface area contributed by atoms with Gasteiger partial charge in [-0.15, -0.1) is 0 Å². The minimum absolute atomic E-state index is 0.0372. The monoisotopic (exact) mass is 479 g/mol. The van der Waals surface area contributed by atoms with Gasteiger partial charge in [-0.1, -0.05) is 51.8 Å². The Labute approximate surface area is 183 Å². The van der Waals surface area contributed by atoms with Gasteiger partial charge in [-0.3, -0.25) is 14.5 Å². The van der Waals surface area contributed by atoms with Gasteiger partial charge in [-0.25, -0.2) is 0 Å². The summed E-state index contributed by atoms with van der Waals surface area (Å²) in [5.74, 6) is -0.403. The maximum atomic E-state index is 12.6. The molecule has 1 unspecified atom stereocenters. The molecule has 1 fully saturated rings. The molecule has 29 heavy (non-hydrogen) atoms. The number of hydrogen-bond donors (Lipinski definition) is 1. The third kappa shape index (κ3) is 6.27. The van der Waals surface area contributed by atoms with Gasteiger partial charge in [0.2, 0.25) is 11.8 Å². The fourth-order valence-electron chi connectivity index (χ4n) is 3.09. The molecule has 1 N–H and O–H groups in total. The molecule has 2 amide bonds. The van der Waals surface area contributed by atoms with Crippen LogP contribution in [-0.2, 0) is 14.3 Å². The average Bonchev–Trinajstić information content (AvgIpc) is 2.70. The summed E-state index contributed by atoms with van der Waals surface area (Å²) in [7, 11) is 1.63. The molecule has 0 saturated carbocycles. The van der Waals surface area contributed by atoms with Crippen LogP contribution in [0.4, 0.5) is 5.69 Å². The van der Waals surface area contributed by atoms with E-state index in [0.29, 0.717) is 30.4 Å². The Balaban J connectivity index is 1.50. The molecular weight excluding hydrogens is 458 g/mol. The van der Waals surface area contributed by atoms with Crippen LogP contribution in [0.1, 0.15) is 11.7 Å². The first kappa shape index (κ1) is 21.8. The average molecular weight is 481 g/mol. The maximum Gasteiger partial charge on any atom is 0.244 e. The summed E-state index contributed by atoms with van der Waals surface area (Å²) >= 11 is 9.49. The lowest BCUT2D eigenvalue weighted by molar-refractivity contribution is -0.136. The van der Waals surface area contributed by atoms with Crippen molar-refractivity contribution in [2.24, 2.45) is 0 Å². The Hall–Kier alpha value is -1.93. The van der Waals surface area contributed by atoms with Crippen molar-refractivity contribution in [3.8, 4) is 0 Å². The highest BCUT2D eigenvalue weighted by Gasteiger charge is 2.25. The fourth-order valence-corrected chi connectivity index (χ4v) is 3.54.